The highest BCUT2D eigenvalue weighted by Crippen LogP contribution is 2.38. The van der Waals surface area contributed by atoms with Gasteiger partial charge < -0.3 is 4.90 Å². The Morgan fingerprint density at radius 3 is 2.30 bits per heavy atom. The maximum atomic E-state index is 12.8. The number of amides is 1. The first-order valence-corrected chi connectivity index (χ1v) is 12.7. The molecular weight excluding hydrogens is 424 g/mol. The molecule has 1 saturated heterocycles. The third-order valence-corrected chi connectivity index (χ3v) is 7.26. The van der Waals surface area contributed by atoms with Gasteiger partial charge in [0.05, 0.1) is 6.04 Å². The van der Waals surface area contributed by atoms with Crippen molar-refractivity contribution in [3.63, 3.8) is 0 Å². The van der Waals surface area contributed by atoms with E-state index in [1.807, 2.05) is 41.3 Å². The van der Waals surface area contributed by atoms with Crippen LogP contribution in [0.1, 0.15) is 33.9 Å². The highest BCUT2D eigenvalue weighted by molar-refractivity contribution is 7.98. The maximum absolute atomic E-state index is 12.8. The number of hydrogen-bond acceptors (Lipinski definition) is 3. The van der Waals surface area contributed by atoms with Crippen LogP contribution in [0.25, 0.3) is 18.2 Å². The fraction of sp³-hybridized carbons (Fsp3) is 0.207. The zero-order valence-corrected chi connectivity index (χ0v) is 19.7. The number of hydrogen-bond donors (Lipinski definition) is 0. The number of piperazine rings is 1. The van der Waals surface area contributed by atoms with Crippen LogP contribution in [0.5, 0.6) is 0 Å². The van der Waals surface area contributed by atoms with Crippen LogP contribution in [0.4, 0.5) is 0 Å². The van der Waals surface area contributed by atoms with Crippen LogP contribution in [-0.4, -0.2) is 48.1 Å². The molecule has 3 aromatic carbocycles. The molecule has 0 spiro atoms. The Kier molecular flexibility index (Phi) is 6.47. The summed E-state index contributed by atoms with van der Waals surface area (Å²) in [5.74, 6) is 0.0894. The zero-order valence-electron chi connectivity index (χ0n) is 18.9. The standard InChI is InChI=1S/C29H28N2OS/c1-33-25-15-14-24-13-12-23-9-5-6-10-26(23)29(27(24)21-25)31-19-17-30(18-20-31)28(32)16-11-22-7-3-2-4-8-22/h2-16,21,29H,17-20H2,1H3/b16-11+. The summed E-state index contributed by atoms with van der Waals surface area (Å²) in [6.45, 7) is 3.18. The smallest absolute Gasteiger partial charge is 0.246 e. The molecule has 1 unspecified atom stereocenters. The van der Waals surface area contributed by atoms with Crippen molar-refractivity contribution < 1.29 is 4.79 Å². The van der Waals surface area contributed by atoms with E-state index in [0.717, 1.165) is 31.7 Å². The van der Waals surface area contributed by atoms with Gasteiger partial charge in [-0.2, -0.15) is 0 Å². The van der Waals surface area contributed by atoms with Crippen LogP contribution < -0.4 is 0 Å². The van der Waals surface area contributed by atoms with Gasteiger partial charge in [0.1, 0.15) is 0 Å². The number of fused-ring (bicyclic) bond motifs is 2. The second-order valence-corrected chi connectivity index (χ2v) is 9.34. The molecule has 1 atom stereocenters. The quantitative estimate of drug-likeness (QED) is 0.367. The van der Waals surface area contributed by atoms with Crippen molar-refractivity contribution in [2.75, 3.05) is 32.4 Å². The first kappa shape index (κ1) is 21.7. The topological polar surface area (TPSA) is 23.6 Å². The van der Waals surface area contributed by atoms with E-state index < -0.39 is 0 Å². The number of carbonyl (C=O) groups is 1. The largest absolute Gasteiger partial charge is 0.337 e. The second kappa shape index (κ2) is 9.82. The van der Waals surface area contributed by atoms with Crippen molar-refractivity contribution >= 4 is 35.9 Å². The maximum Gasteiger partial charge on any atom is 0.246 e. The minimum atomic E-state index is 0.0894. The first-order chi connectivity index (χ1) is 16.2. The first-order valence-electron chi connectivity index (χ1n) is 11.4. The summed E-state index contributed by atoms with van der Waals surface area (Å²) in [6, 6.07) is 25.7. The Balaban J connectivity index is 1.37. The van der Waals surface area contributed by atoms with E-state index in [1.165, 1.54) is 27.1 Å². The van der Waals surface area contributed by atoms with Gasteiger partial charge in [-0.15, -0.1) is 11.8 Å². The monoisotopic (exact) mass is 452 g/mol. The van der Waals surface area contributed by atoms with Gasteiger partial charge in [0.15, 0.2) is 0 Å². The minimum absolute atomic E-state index is 0.0894. The van der Waals surface area contributed by atoms with E-state index in [2.05, 4.69) is 65.8 Å². The molecule has 4 heteroatoms. The molecule has 0 radical (unpaired) electrons. The summed E-state index contributed by atoms with van der Waals surface area (Å²) in [7, 11) is 0. The van der Waals surface area contributed by atoms with E-state index in [0.29, 0.717) is 0 Å². The molecule has 1 fully saturated rings. The second-order valence-electron chi connectivity index (χ2n) is 8.46. The Labute approximate surface area is 200 Å². The molecule has 5 rings (SSSR count). The van der Waals surface area contributed by atoms with E-state index >= 15 is 0 Å². The number of rotatable bonds is 4. The molecule has 33 heavy (non-hydrogen) atoms. The van der Waals surface area contributed by atoms with E-state index in [1.54, 1.807) is 17.8 Å². The summed E-state index contributed by atoms with van der Waals surface area (Å²) in [5, 5.41) is 0. The fourth-order valence-electron chi connectivity index (χ4n) is 4.76. The number of thioether (sulfide) groups is 1. The Morgan fingerprint density at radius 2 is 1.55 bits per heavy atom. The molecule has 0 saturated carbocycles. The normalized spacial score (nSPS) is 18.1. The van der Waals surface area contributed by atoms with Crippen molar-refractivity contribution in [3.8, 4) is 0 Å². The van der Waals surface area contributed by atoms with Crippen molar-refractivity contribution in [1.29, 1.82) is 0 Å². The van der Waals surface area contributed by atoms with E-state index in [4.69, 9.17) is 0 Å². The molecule has 2 aliphatic rings. The van der Waals surface area contributed by atoms with Crippen molar-refractivity contribution in [2.24, 2.45) is 0 Å². The lowest BCUT2D eigenvalue weighted by Gasteiger charge is -2.40. The number of carbonyl (C=O) groups excluding carboxylic acids is 1. The third-order valence-electron chi connectivity index (χ3n) is 6.53. The van der Waals surface area contributed by atoms with E-state index in [-0.39, 0.29) is 11.9 Å². The molecule has 3 nitrogen and oxygen atoms in total. The van der Waals surface area contributed by atoms with Crippen LogP contribution in [0, 0.1) is 0 Å². The lowest BCUT2D eigenvalue weighted by atomic mass is 9.92. The predicted molar refractivity (Wildman–Crippen MR) is 139 cm³/mol. The molecule has 1 aliphatic heterocycles. The van der Waals surface area contributed by atoms with E-state index in [9.17, 15) is 4.79 Å². The van der Waals surface area contributed by atoms with Gasteiger partial charge in [0.25, 0.3) is 0 Å². The molecule has 166 valence electrons. The van der Waals surface area contributed by atoms with Crippen LogP contribution >= 0.6 is 11.8 Å². The molecule has 0 N–H and O–H groups in total. The molecule has 0 bridgehead atoms. The summed E-state index contributed by atoms with van der Waals surface area (Å²) < 4.78 is 0. The average molecular weight is 453 g/mol. The highest BCUT2D eigenvalue weighted by Gasteiger charge is 2.30. The van der Waals surface area contributed by atoms with Crippen LogP contribution in [0.15, 0.2) is 83.8 Å². The van der Waals surface area contributed by atoms with Gasteiger partial charge in [-0.05, 0) is 52.3 Å². The lowest BCUT2D eigenvalue weighted by molar-refractivity contribution is -0.127. The van der Waals surface area contributed by atoms with Gasteiger partial charge in [-0.3, -0.25) is 9.69 Å². The summed E-state index contributed by atoms with van der Waals surface area (Å²) >= 11 is 1.78. The van der Waals surface area contributed by atoms with Gasteiger partial charge in [0.2, 0.25) is 5.91 Å². The summed E-state index contributed by atoms with van der Waals surface area (Å²) in [4.78, 5) is 18.6. The van der Waals surface area contributed by atoms with Crippen molar-refractivity contribution in [2.45, 2.75) is 10.9 Å². The van der Waals surface area contributed by atoms with Crippen LogP contribution in [-0.2, 0) is 4.79 Å². The Morgan fingerprint density at radius 1 is 0.848 bits per heavy atom. The van der Waals surface area contributed by atoms with Crippen LogP contribution in [0.2, 0.25) is 0 Å². The van der Waals surface area contributed by atoms with Gasteiger partial charge in [0, 0.05) is 37.2 Å². The molecule has 1 heterocycles. The SMILES string of the molecule is CSc1ccc2c(c1)C(N1CCN(C(=O)/C=C/c3ccccc3)CC1)c1ccccc1C=C2. The minimum Gasteiger partial charge on any atom is -0.337 e. The highest BCUT2D eigenvalue weighted by atomic mass is 32.2. The molecule has 3 aromatic rings. The van der Waals surface area contributed by atoms with Gasteiger partial charge >= 0.3 is 0 Å². The van der Waals surface area contributed by atoms with Crippen molar-refractivity contribution in [1.82, 2.24) is 9.80 Å². The lowest BCUT2D eigenvalue weighted by Crippen LogP contribution is -2.49. The Bertz CT molecular complexity index is 1190. The number of benzene rings is 3. The fourth-order valence-corrected chi connectivity index (χ4v) is 5.21. The molecule has 0 aromatic heterocycles. The predicted octanol–water partition coefficient (Wildman–Crippen LogP) is 5.84. The summed E-state index contributed by atoms with van der Waals surface area (Å²) in [6.07, 6.45) is 10.2. The number of nitrogens with zero attached hydrogens (tertiary/aromatic N) is 2. The van der Waals surface area contributed by atoms with Crippen LogP contribution in [0.3, 0.4) is 0 Å². The molecule has 1 amide bonds. The zero-order chi connectivity index (χ0) is 22.6. The molecular formula is C29H28N2OS. The Hall–Kier alpha value is -3.08. The summed E-state index contributed by atoms with van der Waals surface area (Å²) in [5.41, 5.74) is 6.29. The molecule has 1 aliphatic carbocycles. The van der Waals surface area contributed by atoms with Crippen molar-refractivity contribution in [3.05, 3.63) is 107 Å². The average Bonchev–Trinajstić information content (AvgIpc) is 3.04. The third kappa shape index (κ3) is 4.68. The van der Waals surface area contributed by atoms with Gasteiger partial charge in [-0.1, -0.05) is 72.8 Å². The van der Waals surface area contributed by atoms with Gasteiger partial charge in [-0.25, -0.2) is 0 Å².